The molecular weight excluding hydrogens is 164 g/mol. The number of ether oxygens (including phenoxy) is 1. The van der Waals surface area contributed by atoms with Gasteiger partial charge in [-0.2, -0.15) is 0 Å². The summed E-state index contributed by atoms with van der Waals surface area (Å²) in [7, 11) is 0. The molecule has 1 heterocycles. The van der Waals surface area contributed by atoms with Crippen LogP contribution in [-0.2, 0) is 4.74 Å². The molecule has 76 valence electrons. The van der Waals surface area contributed by atoms with Crippen LogP contribution in [0.15, 0.2) is 0 Å². The number of hydrogen-bond donors (Lipinski definition) is 1. The minimum atomic E-state index is 0.577. The molecule has 1 saturated carbocycles. The minimum Gasteiger partial charge on any atom is -0.375 e. The summed E-state index contributed by atoms with van der Waals surface area (Å²) in [6.07, 6.45) is 1.84. The maximum absolute atomic E-state index is 5.55. The standard InChI is InChI=1S/C10H20N2O/c1-8(2)11-3-4-12-5-6-13-10-7-9(10)12/h8-11H,3-7H2,1-2H3. The Balaban J connectivity index is 1.64. The SMILES string of the molecule is CC(C)NCCN1CCOC2CC21. The van der Waals surface area contributed by atoms with E-state index in [0.29, 0.717) is 12.1 Å². The summed E-state index contributed by atoms with van der Waals surface area (Å²) in [6.45, 7) is 8.74. The van der Waals surface area contributed by atoms with Crippen LogP contribution in [0.2, 0.25) is 0 Å². The molecular formula is C10H20N2O. The third kappa shape index (κ3) is 2.42. The quantitative estimate of drug-likeness (QED) is 0.687. The maximum Gasteiger partial charge on any atom is 0.0747 e. The van der Waals surface area contributed by atoms with Crippen molar-refractivity contribution in [3.8, 4) is 0 Å². The van der Waals surface area contributed by atoms with Crippen LogP contribution in [0.4, 0.5) is 0 Å². The van der Waals surface area contributed by atoms with E-state index in [1.54, 1.807) is 0 Å². The van der Waals surface area contributed by atoms with Gasteiger partial charge in [0.05, 0.1) is 12.7 Å². The summed E-state index contributed by atoms with van der Waals surface area (Å²) in [5, 5.41) is 3.45. The van der Waals surface area contributed by atoms with Crippen LogP contribution in [0, 0.1) is 0 Å². The topological polar surface area (TPSA) is 24.5 Å². The Hall–Kier alpha value is -0.120. The second-order valence-corrected chi connectivity index (χ2v) is 4.36. The molecule has 0 amide bonds. The van der Waals surface area contributed by atoms with Gasteiger partial charge in [-0.3, -0.25) is 4.90 Å². The highest BCUT2D eigenvalue weighted by Gasteiger charge is 2.45. The van der Waals surface area contributed by atoms with Crippen molar-refractivity contribution in [3.05, 3.63) is 0 Å². The van der Waals surface area contributed by atoms with Crippen molar-refractivity contribution in [1.82, 2.24) is 10.2 Å². The van der Waals surface area contributed by atoms with E-state index in [4.69, 9.17) is 4.74 Å². The number of nitrogens with one attached hydrogen (secondary N) is 1. The predicted octanol–water partition coefficient (Wildman–Crippen LogP) is 0.457. The average molecular weight is 184 g/mol. The van der Waals surface area contributed by atoms with Gasteiger partial charge in [0, 0.05) is 31.7 Å². The summed E-state index contributed by atoms with van der Waals surface area (Å²) < 4.78 is 5.55. The smallest absolute Gasteiger partial charge is 0.0747 e. The van der Waals surface area contributed by atoms with E-state index in [1.807, 2.05) is 0 Å². The normalized spacial score (nSPS) is 33.5. The van der Waals surface area contributed by atoms with Gasteiger partial charge in [-0.05, 0) is 6.42 Å². The van der Waals surface area contributed by atoms with E-state index in [-0.39, 0.29) is 0 Å². The number of morpholine rings is 1. The molecule has 1 aliphatic carbocycles. The minimum absolute atomic E-state index is 0.577. The molecule has 0 radical (unpaired) electrons. The van der Waals surface area contributed by atoms with Gasteiger partial charge in [0.15, 0.2) is 0 Å². The molecule has 13 heavy (non-hydrogen) atoms. The monoisotopic (exact) mass is 184 g/mol. The first-order chi connectivity index (χ1) is 6.27. The fraction of sp³-hybridized carbons (Fsp3) is 1.00. The fourth-order valence-electron chi connectivity index (χ4n) is 1.98. The second kappa shape index (κ2) is 3.95. The molecule has 3 nitrogen and oxygen atoms in total. The lowest BCUT2D eigenvalue weighted by molar-refractivity contribution is 0.0316. The molecule has 1 saturated heterocycles. The number of rotatable bonds is 4. The molecule has 1 N–H and O–H groups in total. The Labute approximate surface area is 80.4 Å². The summed E-state index contributed by atoms with van der Waals surface area (Å²) in [5.74, 6) is 0. The van der Waals surface area contributed by atoms with Gasteiger partial charge in [-0.15, -0.1) is 0 Å². The highest BCUT2D eigenvalue weighted by atomic mass is 16.5. The first-order valence-corrected chi connectivity index (χ1v) is 5.36. The van der Waals surface area contributed by atoms with Gasteiger partial charge < -0.3 is 10.1 Å². The Morgan fingerprint density at radius 3 is 3.15 bits per heavy atom. The molecule has 0 bridgehead atoms. The van der Waals surface area contributed by atoms with E-state index in [0.717, 1.165) is 25.7 Å². The highest BCUT2D eigenvalue weighted by Crippen LogP contribution is 2.33. The zero-order chi connectivity index (χ0) is 9.26. The molecule has 2 rings (SSSR count). The van der Waals surface area contributed by atoms with Crippen molar-refractivity contribution in [2.24, 2.45) is 0 Å². The molecule has 2 aliphatic rings. The third-order valence-electron chi connectivity index (χ3n) is 2.83. The maximum atomic E-state index is 5.55. The fourth-order valence-corrected chi connectivity index (χ4v) is 1.98. The number of nitrogens with zero attached hydrogens (tertiary/aromatic N) is 1. The van der Waals surface area contributed by atoms with Crippen molar-refractivity contribution in [2.75, 3.05) is 26.2 Å². The molecule has 2 atom stereocenters. The van der Waals surface area contributed by atoms with Gasteiger partial charge in [0.1, 0.15) is 0 Å². The van der Waals surface area contributed by atoms with Crippen LogP contribution in [0.1, 0.15) is 20.3 Å². The predicted molar refractivity (Wildman–Crippen MR) is 52.9 cm³/mol. The average Bonchev–Trinajstić information content (AvgIpc) is 2.82. The second-order valence-electron chi connectivity index (χ2n) is 4.36. The van der Waals surface area contributed by atoms with E-state index in [9.17, 15) is 0 Å². The lowest BCUT2D eigenvalue weighted by Crippen LogP contribution is -2.41. The van der Waals surface area contributed by atoms with Crippen LogP contribution < -0.4 is 5.32 Å². The van der Waals surface area contributed by atoms with E-state index >= 15 is 0 Å². The van der Waals surface area contributed by atoms with Gasteiger partial charge >= 0.3 is 0 Å². The number of hydrogen-bond acceptors (Lipinski definition) is 3. The Morgan fingerprint density at radius 1 is 1.54 bits per heavy atom. The molecule has 1 aliphatic heterocycles. The molecule has 0 aromatic heterocycles. The van der Waals surface area contributed by atoms with Crippen molar-refractivity contribution in [1.29, 1.82) is 0 Å². The first kappa shape index (κ1) is 9.44. The molecule has 0 aromatic rings. The van der Waals surface area contributed by atoms with Crippen LogP contribution in [0.25, 0.3) is 0 Å². The van der Waals surface area contributed by atoms with Crippen LogP contribution >= 0.6 is 0 Å². The molecule has 3 heteroatoms. The van der Waals surface area contributed by atoms with Crippen molar-refractivity contribution in [3.63, 3.8) is 0 Å². The van der Waals surface area contributed by atoms with Gasteiger partial charge in [-0.25, -0.2) is 0 Å². The zero-order valence-electron chi connectivity index (χ0n) is 8.62. The largest absolute Gasteiger partial charge is 0.375 e. The molecule has 2 unspecified atom stereocenters. The Bertz CT molecular complexity index is 172. The highest BCUT2D eigenvalue weighted by molar-refractivity contribution is 4.99. The van der Waals surface area contributed by atoms with Crippen molar-refractivity contribution >= 4 is 0 Å². The number of fused-ring (bicyclic) bond motifs is 1. The van der Waals surface area contributed by atoms with Crippen molar-refractivity contribution < 1.29 is 4.74 Å². The van der Waals surface area contributed by atoms with Gasteiger partial charge in [0.25, 0.3) is 0 Å². The van der Waals surface area contributed by atoms with Crippen LogP contribution in [-0.4, -0.2) is 49.3 Å². The zero-order valence-corrected chi connectivity index (χ0v) is 8.62. The lowest BCUT2D eigenvalue weighted by atomic mass is 10.3. The summed E-state index contributed by atoms with van der Waals surface area (Å²) in [4.78, 5) is 2.56. The summed E-state index contributed by atoms with van der Waals surface area (Å²) in [6, 6.07) is 1.36. The Morgan fingerprint density at radius 2 is 2.38 bits per heavy atom. The summed E-state index contributed by atoms with van der Waals surface area (Å²) >= 11 is 0. The summed E-state index contributed by atoms with van der Waals surface area (Å²) in [5.41, 5.74) is 0. The third-order valence-corrected chi connectivity index (χ3v) is 2.83. The Kier molecular flexibility index (Phi) is 2.86. The molecule has 2 fully saturated rings. The van der Waals surface area contributed by atoms with E-state index < -0.39 is 0 Å². The van der Waals surface area contributed by atoms with E-state index in [2.05, 4.69) is 24.1 Å². The molecule has 0 spiro atoms. The van der Waals surface area contributed by atoms with Crippen LogP contribution in [0.5, 0.6) is 0 Å². The molecule has 0 aromatic carbocycles. The lowest BCUT2D eigenvalue weighted by Gasteiger charge is -2.26. The van der Waals surface area contributed by atoms with Crippen molar-refractivity contribution in [2.45, 2.75) is 38.5 Å². The van der Waals surface area contributed by atoms with Gasteiger partial charge in [-0.1, -0.05) is 13.8 Å². The first-order valence-electron chi connectivity index (χ1n) is 5.36. The van der Waals surface area contributed by atoms with E-state index in [1.165, 1.54) is 13.0 Å². The van der Waals surface area contributed by atoms with Gasteiger partial charge in [0.2, 0.25) is 0 Å². The van der Waals surface area contributed by atoms with Crippen LogP contribution in [0.3, 0.4) is 0 Å².